The van der Waals surface area contributed by atoms with E-state index in [2.05, 4.69) is 10.4 Å². The Labute approximate surface area is 174 Å². The lowest BCUT2D eigenvalue weighted by atomic mass is 10.1. The minimum Gasteiger partial charge on any atom is -0.497 e. The summed E-state index contributed by atoms with van der Waals surface area (Å²) in [4.78, 5) is 24.4. The summed E-state index contributed by atoms with van der Waals surface area (Å²) in [6.07, 6.45) is 0.753. The summed E-state index contributed by atoms with van der Waals surface area (Å²) < 4.78 is 6.62. The first-order valence-corrected chi connectivity index (χ1v) is 9.62. The highest BCUT2D eigenvalue weighted by Gasteiger charge is 2.08. The zero-order valence-electron chi connectivity index (χ0n) is 16.3. The van der Waals surface area contributed by atoms with Crippen molar-refractivity contribution in [2.75, 3.05) is 12.4 Å². The van der Waals surface area contributed by atoms with E-state index < -0.39 is 0 Å². The van der Waals surface area contributed by atoms with Crippen LogP contribution in [0.5, 0.6) is 5.75 Å². The highest BCUT2D eigenvalue weighted by molar-refractivity contribution is 6.31. The Kier molecular flexibility index (Phi) is 6.67. The summed E-state index contributed by atoms with van der Waals surface area (Å²) in [5, 5.41) is 7.85. The summed E-state index contributed by atoms with van der Waals surface area (Å²) in [6, 6.07) is 16.0. The normalized spacial score (nSPS) is 10.6. The van der Waals surface area contributed by atoms with Gasteiger partial charge in [-0.25, -0.2) is 4.68 Å². The van der Waals surface area contributed by atoms with Crippen LogP contribution in [0.15, 0.2) is 59.4 Å². The number of aryl methyl sites for hydroxylation is 2. The van der Waals surface area contributed by atoms with Crippen molar-refractivity contribution in [2.45, 2.75) is 26.3 Å². The van der Waals surface area contributed by atoms with Crippen LogP contribution >= 0.6 is 11.6 Å². The van der Waals surface area contributed by atoms with Crippen LogP contribution in [0.4, 0.5) is 5.69 Å². The van der Waals surface area contributed by atoms with E-state index in [-0.39, 0.29) is 17.9 Å². The molecule has 1 amide bonds. The lowest BCUT2D eigenvalue weighted by Crippen LogP contribution is -2.23. The number of carbonyl (C=O) groups is 1. The molecule has 0 aliphatic heterocycles. The minimum absolute atomic E-state index is 0.132. The quantitative estimate of drug-likeness (QED) is 0.629. The standard InChI is InChI=1S/C22H22ClN3O3/c1-15-8-9-17(23)14-20(15)24-21(27)7-4-12-26-22(28)11-10-19(25-26)16-5-3-6-18(13-16)29-2/h3,5-6,8-11,13-14H,4,7,12H2,1-2H3,(H,24,27). The number of anilines is 1. The maximum atomic E-state index is 12.2. The van der Waals surface area contributed by atoms with Crippen molar-refractivity contribution in [3.63, 3.8) is 0 Å². The van der Waals surface area contributed by atoms with Gasteiger partial charge in [-0.3, -0.25) is 9.59 Å². The molecular weight excluding hydrogens is 390 g/mol. The zero-order valence-corrected chi connectivity index (χ0v) is 17.1. The second-order valence-electron chi connectivity index (χ2n) is 6.62. The van der Waals surface area contributed by atoms with Gasteiger partial charge in [0.2, 0.25) is 5.91 Å². The van der Waals surface area contributed by atoms with Crippen molar-refractivity contribution in [3.05, 3.63) is 75.5 Å². The van der Waals surface area contributed by atoms with Gasteiger partial charge in [0.15, 0.2) is 0 Å². The first kappa shape index (κ1) is 20.6. The molecule has 0 unspecified atom stereocenters. The van der Waals surface area contributed by atoms with Gasteiger partial charge in [0.25, 0.3) is 5.56 Å². The highest BCUT2D eigenvalue weighted by atomic mass is 35.5. The van der Waals surface area contributed by atoms with Gasteiger partial charge in [-0.1, -0.05) is 29.8 Å². The third-order valence-corrected chi connectivity index (χ3v) is 4.71. The number of rotatable bonds is 7. The molecule has 29 heavy (non-hydrogen) atoms. The van der Waals surface area contributed by atoms with Gasteiger partial charge in [0.1, 0.15) is 5.75 Å². The molecule has 7 heteroatoms. The molecule has 1 heterocycles. The predicted octanol–water partition coefficient (Wildman–Crippen LogP) is 4.30. The number of carbonyl (C=O) groups excluding carboxylic acids is 1. The molecule has 0 atom stereocenters. The van der Waals surface area contributed by atoms with Crippen LogP contribution in [0.2, 0.25) is 5.02 Å². The third-order valence-electron chi connectivity index (χ3n) is 4.48. The lowest BCUT2D eigenvalue weighted by molar-refractivity contribution is -0.116. The van der Waals surface area contributed by atoms with Crippen molar-refractivity contribution in [1.82, 2.24) is 9.78 Å². The van der Waals surface area contributed by atoms with E-state index >= 15 is 0 Å². The largest absolute Gasteiger partial charge is 0.497 e. The number of aromatic nitrogens is 2. The lowest BCUT2D eigenvalue weighted by Gasteiger charge is -2.10. The van der Waals surface area contributed by atoms with E-state index in [1.54, 1.807) is 25.3 Å². The molecule has 0 aliphatic carbocycles. The van der Waals surface area contributed by atoms with Crippen LogP contribution < -0.4 is 15.6 Å². The molecule has 0 bridgehead atoms. The average Bonchev–Trinajstić information content (AvgIpc) is 2.72. The summed E-state index contributed by atoms with van der Waals surface area (Å²) in [5.74, 6) is 0.586. The Balaban J connectivity index is 1.64. The molecule has 2 aromatic carbocycles. The van der Waals surface area contributed by atoms with E-state index in [1.807, 2.05) is 37.3 Å². The third kappa shape index (κ3) is 5.45. The van der Waals surface area contributed by atoms with Gasteiger partial charge in [0, 0.05) is 35.3 Å². The van der Waals surface area contributed by atoms with Crippen molar-refractivity contribution < 1.29 is 9.53 Å². The molecule has 6 nitrogen and oxygen atoms in total. The number of nitrogens with one attached hydrogen (secondary N) is 1. The monoisotopic (exact) mass is 411 g/mol. The number of ether oxygens (including phenoxy) is 1. The van der Waals surface area contributed by atoms with E-state index in [4.69, 9.17) is 16.3 Å². The van der Waals surface area contributed by atoms with Gasteiger partial charge in [-0.15, -0.1) is 0 Å². The van der Waals surface area contributed by atoms with Gasteiger partial charge >= 0.3 is 0 Å². The molecule has 0 saturated heterocycles. The fraction of sp³-hybridized carbons (Fsp3) is 0.227. The number of halogens is 1. The Morgan fingerprint density at radius 2 is 2.00 bits per heavy atom. The van der Waals surface area contributed by atoms with Gasteiger partial charge in [-0.2, -0.15) is 5.10 Å². The van der Waals surface area contributed by atoms with E-state index in [1.165, 1.54) is 10.7 Å². The van der Waals surface area contributed by atoms with Crippen LogP contribution in [0, 0.1) is 6.92 Å². The first-order valence-electron chi connectivity index (χ1n) is 9.25. The zero-order chi connectivity index (χ0) is 20.8. The van der Waals surface area contributed by atoms with E-state index in [0.29, 0.717) is 29.4 Å². The minimum atomic E-state index is -0.206. The predicted molar refractivity (Wildman–Crippen MR) is 115 cm³/mol. The number of benzene rings is 2. The van der Waals surface area contributed by atoms with Crippen LogP contribution in [0.3, 0.4) is 0 Å². The van der Waals surface area contributed by atoms with E-state index in [9.17, 15) is 9.59 Å². The van der Waals surface area contributed by atoms with Gasteiger partial charge in [-0.05, 0) is 49.2 Å². The van der Waals surface area contributed by atoms with E-state index in [0.717, 1.165) is 16.9 Å². The summed E-state index contributed by atoms with van der Waals surface area (Å²) in [6.45, 7) is 2.25. The Morgan fingerprint density at radius 3 is 2.79 bits per heavy atom. The maximum absolute atomic E-state index is 12.2. The summed E-state index contributed by atoms with van der Waals surface area (Å²) in [7, 11) is 1.60. The van der Waals surface area contributed by atoms with Crippen LogP contribution in [0.1, 0.15) is 18.4 Å². The Bertz CT molecular complexity index is 1080. The molecule has 3 rings (SSSR count). The fourth-order valence-corrected chi connectivity index (χ4v) is 3.05. The first-order chi connectivity index (χ1) is 14.0. The molecule has 0 aliphatic rings. The average molecular weight is 412 g/mol. The second-order valence-corrected chi connectivity index (χ2v) is 7.06. The molecule has 150 valence electrons. The molecule has 0 radical (unpaired) electrons. The molecule has 0 fully saturated rings. The second kappa shape index (κ2) is 9.39. The smallest absolute Gasteiger partial charge is 0.266 e. The summed E-state index contributed by atoms with van der Waals surface area (Å²) in [5.41, 5.74) is 2.95. The molecule has 3 aromatic rings. The molecule has 1 N–H and O–H groups in total. The van der Waals surface area contributed by atoms with Crippen molar-refractivity contribution in [2.24, 2.45) is 0 Å². The number of hydrogen-bond acceptors (Lipinski definition) is 4. The molecule has 0 spiro atoms. The molecule has 0 saturated carbocycles. The fourth-order valence-electron chi connectivity index (χ4n) is 2.88. The van der Waals surface area contributed by atoms with Gasteiger partial charge < -0.3 is 10.1 Å². The number of hydrogen-bond donors (Lipinski definition) is 1. The summed E-state index contributed by atoms with van der Waals surface area (Å²) >= 11 is 5.98. The number of nitrogens with zero attached hydrogens (tertiary/aromatic N) is 2. The topological polar surface area (TPSA) is 73.2 Å². The highest BCUT2D eigenvalue weighted by Crippen LogP contribution is 2.22. The molecular formula is C22H22ClN3O3. The Morgan fingerprint density at radius 1 is 1.17 bits per heavy atom. The molecule has 1 aromatic heterocycles. The number of amides is 1. The van der Waals surface area contributed by atoms with Crippen LogP contribution in [0.25, 0.3) is 11.3 Å². The number of methoxy groups -OCH3 is 1. The van der Waals surface area contributed by atoms with Crippen LogP contribution in [-0.4, -0.2) is 22.8 Å². The van der Waals surface area contributed by atoms with Gasteiger partial charge in [0.05, 0.1) is 12.8 Å². The Hall–Kier alpha value is -3.12. The maximum Gasteiger partial charge on any atom is 0.266 e. The van der Waals surface area contributed by atoms with Crippen LogP contribution in [-0.2, 0) is 11.3 Å². The van der Waals surface area contributed by atoms with Crippen molar-refractivity contribution >= 4 is 23.2 Å². The van der Waals surface area contributed by atoms with Crippen molar-refractivity contribution in [1.29, 1.82) is 0 Å². The SMILES string of the molecule is COc1cccc(-c2ccc(=O)n(CCCC(=O)Nc3cc(Cl)ccc3C)n2)c1. The van der Waals surface area contributed by atoms with Crippen molar-refractivity contribution in [3.8, 4) is 17.0 Å².